The fraction of sp³-hybridized carbons (Fsp3) is 0.500. The lowest BCUT2D eigenvalue weighted by molar-refractivity contribution is 0.0596. The first-order valence-corrected chi connectivity index (χ1v) is 7.93. The van der Waals surface area contributed by atoms with Gasteiger partial charge in [0.25, 0.3) is 0 Å². The molecule has 1 aromatic rings. The highest BCUT2D eigenvalue weighted by Gasteiger charge is 2.45. The molecule has 0 bridgehead atoms. The molecule has 0 heterocycles. The second kappa shape index (κ2) is 5.18. The highest BCUT2D eigenvalue weighted by Crippen LogP contribution is 2.51. The van der Waals surface area contributed by atoms with Crippen molar-refractivity contribution in [2.24, 2.45) is 11.3 Å². The molecule has 1 atom stereocenters. The van der Waals surface area contributed by atoms with Gasteiger partial charge in [0.2, 0.25) is 10.0 Å². The van der Waals surface area contributed by atoms with Gasteiger partial charge in [-0.1, -0.05) is 26.0 Å². The predicted octanol–water partition coefficient (Wildman–Crippen LogP) is 1.80. The molecule has 1 unspecified atom stereocenters. The number of hydrogen-bond donors (Lipinski definition) is 1. The van der Waals surface area contributed by atoms with Crippen molar-refractivity contribution >= 4 is 16.0 Å². The third kappa shape index (κ3) is 3.02. The van der Waals surface area contributed by atoms with Crippen LogP contribution in [0.15, 0.2) is 29.2 Å². The summed E-state index contributed by atoms with van der Waals surface area (Å²) in [5.74, 6) is -0.305. The molecule has 1 N–H and O–H groups in total. The summed E-state index contributed by atoms with van der Waals surface area (Å²) in [6, 6.07) is 6.05. The highest BCUT2D eigenvalue weighted by molar-refractivity contribution is 7.89. The van der Waals surface area contributed by atoms with Gasteiger partial charge < -0.3 is 4.74 Å². The van der Waals surface area contributed by atoms with E-state index < -0.39 is 16.0 Å². The van der Waals surface area contributed by atoms with E-state index in [1.54, 1.807) is 12.1 Å². The summed E-state index contributed by atoms with van der Waals surface area (Å²) < 4.78 is 31.8. The molecule has 1 aliphatic carbocycles. The van der Waals surface area contributed by atoms with E-state index in [4.69, 9.17) is 0 Å². The van der Waals surface area contributed by atoms with Crippen LogP contribution < -0.4 is 4.72 Å². The second-order valence-corrected chi connectivity index (χ2v) is 7.46. The molecule has 0 radical (unpaired) electrons. The van der Waals surface area contributed by atoms with Crippen molar-refractivity contribution in [3.63, 3.8) is 0 Å². The molecule has 1 fully saturated rings. The van der Waals surface area contributed by atoms with Gasteiger partial charge >= 0.3 is 5.97 Å². The fourth-order valence-corrected chi connectivity index (χ4v) is 3.47. The highest BCUT2D eigenvalue weighted by atomic mass is 32.2. The first-order chi connectivity index (χ1) is 9.28. The molecule has 0 amide bonds. The molecular formula is C14H19NO4S. The number of esters is 1. The maximum atomic E-state index is 12.3. The molecule has 0 aromatic heterocycles. The number of rotatable bonds is 5. The average Bonchev–Trinajstić information content (AvgIpc) is 3.03. The molecular weight excluding hydrogens is 278 g/mol. The Morgan fingerprint density at radius 2 is 2.00 bits per heavy atom. The molecule has 1 saturated carbocycles. The Morgan fingerprint density at radius 3 is 2.55 bits per heavy atom. The van der Waals surface area contributed by atoms with E-state index in [1.165, 1.54) is 19.2 Å². The fourth-order valence-electron chi connectivity index (χ4n) is 2.19. The average molecular weight is 297 g/mol. The van der Waals surface area contributed by atoms with Crippen LogP contribution in [0.3, 0.4) is 0 Å². The van der Waals surface area contributed by atoms with E-state index in [2.05, 4.69) is 23.3 Å². The van der Waals surface area contributed by atoms with E-state index >= 15 is 0 Å². The van der Waals surface area contributed by atoms with E-state index in [1.807, 2.05) is 0 Å². The number of ether oxygens (including phenoxy) is 1. The number of benzene rings is 1. The number of carbonyl (C=O) groups excluding carboxylic acids is 1. The van der Waals surface area contributed by atoms with E-state index in [0.29, 0.717) is 12.5 Å². The van der Waals surface area contributed by atoms with Crippen LogP contribution in [0, 0.1) is 11.3 Å². The predicted molar refractivity (Wildman–Crippen MR) is 74.9 cm³/mol. The van der Waals surface area contributed by atoms with Crippen molar-refractivity contribution in [2.45, 2.75) is 25.2 Å². The Hall–Kier alpha value is -1.40. The summed E-state index contributed by atoms with van der Waals surface area (Å²) >= 11 is 0. The van der Waals surface area contributed by atoms with Gasteiger partial charge in [-0.25, -0.2) is 17.9 Å². The Kier molecular flexibility index (Phi) is 3.88. The summed E-state index contributed by atoms with van der Waals surface area (Å²) in [5.41, 5.74) is 0.252. The molecule has 0 aliphatic heterocycles. The molecule has 110 valence electrons. The molecule has 1 aromatic carbocycles. The van der Waals surface area contributed by atoms with Crippen LogP contribution in [0.4, 0.5) is 0 Å². The van der Waals surface area contributed by atoms with Crippen LogP contribution in [0.25, 0.3) is 0 Å². The second-order valence-electron chi connectivity index (χ2n) is 5.73. The number of methoxy groups -OCH3 is 1. The van der Waals surface area contributed by atoms with Crippen LogP contribution in [0.1, 0.15) is 30.6 Å². The zero-order valence-corrected chi connectivity index (χ0v) is 12.7. The third-order valence-electron chi connectivity index (χ3n) is 3.82. The first kappa shape index (κ1) is 15.0. The van der Waals surface area contributed by atoms with Gasteiger partial charge in [0.15, 0.2) is 0 Å². The number of nitrogens with one attached hydrogen (secondary N) is 1. The van der Waals surface area contributed by atoms with Crippen LogP contribution in [0.2, 0.25) is 0 Å². The van der Waals surface area contributed by atoms with Gasteiger partial charge in [-0.15, -0.1) is 0 Å². The summed E-state index contributed by atoms with van der Waals surface area (Å²) in [6.45, 7) is 4.60. The van der Waals surface area contributed by atoms with Crippen molar-refractivity contribution in [1.29, 1.82) is 0 Å². The molecule has 2 rings (SSSR count). The van der Waals surface area contributed by atoms with E-state index in [-0.39, 0.29) is 15.9 Å². The number of carbonyl (C=O) groups is 1. The zero-order chi connectivity index (χ0) is 15.0. The normalized spacial score (nSPS) is 20.4. The minimum Gasteiger partial charge on any atom is -0.465 e. The number of sulfonamides is 1. The lowest BCUT2D eigenvalue weighted by atomic mass is 10.1. The SMILES string of the molecule is COC(=O)c1ccccc1S(=O)(=O)NCC1CC1(C)C. The quantitative estimate of drug-likeness (QED) is 0.841. The van der Waals surface area contributed by atoms with Crippen LogP contribution in [-0.4, -0.2) is 28.0 Å². The van der Waals surface area contributed by atoms with Crippen molar-refractivity contribution < 1.29 is 17.9 Å². The Morgan fingerprint density at radius 1 is 1.40 bits per heavy atom. The van der Waals surface area contributed by atoms with Gasteiger partial charge in [0.05, 0.1) is 17.6 Å². The van der Waals surface area contributed by atoms with Gasteiger partial charge in [0, 0.05) is 6.54 Å². The Bertz CT molecular complexity index is 622. The summed E-state index contributed by atoms with van der Waals surface area (Å²) in [6.07, 6.45) is 1.01. The molecule has 6 heteroatoms. The van der Waals surface area contributed by atoms with Crippen LogP contribution in [-0.2, 0) is 14.8 Å². The topological polar surface area (TPSA) is 72.5 Å². The van der Waals surface area contributed by atoms with E-state index in [0.717, 1.165) is 6.42 Å². The zero-order valence-electron chi connectivity index (χ0n) is 11.8. The summed E-state index contributed by atoms with van der Waals surface area (Å²) in [5, 5.41) is 0. The van der Waals surface area contributed by atoms with Gasteiger partial charge in [-0.2, -0.15) is 0 Å². The summed E-state index contributed by atoms with van der Waals surface area (Å²) in [4.78, 5) is 11.6. The maximum Gasteiger partial charge on any atom is 0.339 e. The van der Waals surface area contributed by atoms with Crippen molar-refractivity contribution in [3.05, 3.63) is 29.8 Å². The lowest BCUT2D eigenvalue weighted by Gasteiger charge is -2.10. The maximum absolute atomic E-state index is 12.3. The van der Waals surface area contributed by atoms with Crippen molar-refractivity contribution in [2.75, 3.05) is 13.7 Å². The Labute approximate surface area is 119 Å². The summed E-state index contributed by atoms with van der Waals surface area (Å²) in [7, 11) is -2.47. The van der Waals surface area contributed by atoms with Crippen molar-refractivity contribution in [3.8, 4) is 0 Å². The molecule has 1 aliphatic rings. The first-order valence-electron chi connectivity index (χ1n) is 6.45. The number of hydrogen-bond acceptors (Lipinski definition) is 4. The van der Waals surface area contributed by atoms with Crippen molar-refractivity contribution in [1.82, 2.24) is 4.72 Å². The largest absolute Gasteiger partial charge is 0.465 e. The molecule has 0 saturated heterocycles. The Balaban J connectivity index is 2.19. The van der Waals surface area contributed by atoms with Gasteiger partial charge in [-0.05, 0) is 29.9 Å². The lowest BCUT2D eigenvalue weighted by Crippen LogP contribution is -2.28. The van der Waals surface area contributed by atoms with Crippen LogP contribution in [0.5, 0.6) is 0 Å². The minimum absolute atomic E-state index is 0.0368. The molecule has 5 nitrogen and oxygen atoms in total. The smallest absolute Gasteiger partial charge is 0.339 e. The van der Waals surface area contributed by atoms with Crippen LogP contribution >= 0.6 is 0 Å². The third-order valence-corrected chi connectivity index (χ3v) is 5.30. The minimum atomic E-state index is -3.70. The van der Waals surface area contributed by atoms with Gasteiger partial charge in [0.1, 0.15) is 0 Å². The standard InChI is InChI=1S/C14H19NO4S/c1-14(2)8-10(14)9-15-20(17,18)12-7-5-4-6-11(12)13(16)19-3/h4-7,10,15H,8-9H2,1-3H3. The van der Waals surface area contributed by atoms with Gasteiger partial charge in [-0.3, -0.25) is 0 Å². The molecule has 0 spiro atoms. The molecule has 20 heavy (non-hydrogen) atoms. The monoisotopic (exact) mass is 297 g/mol. The van der Waals surface area contributed by atoms with E-state index in [9.17, 15) is 13.2 Å².